The smallest absolute Gasteiger partial charge is 0.237 e. The Balaban J connectivity index is 2.34. The molecule has 0 unspecified atom stereocenters. The Morgan fingerprint density at radius 1 is 1.19 bits per heavy atom. The molecule has 5 nitrogen and oxygen atoms in total. The highest BCUT2D eigenvalue weighted by Crippen LogP contribution is 2.20. The van der Waals surface area contributed by atoms with Crippen molar-refractivity contribution >= 4 is 5.95 Å². The quantitative estimate of drug-likeness (QED) is 0.600. The number of hydrogen-bond donors (Lipinski definition) is 2. The van der Waals surface area contributed by atoms with Gasteiger partial charge in [0.15, 0.2) is 0 Å². The van der Waals surface area contributed by atoms with Gasteiger partial charge in [-0.3, -0.25) is 5.43 Å². The highest BCUT2D eigenvalue weighted by Gasteiger charge is 2.01. The third-order valence-electron chi connectivity index (χ3n) is 2.17. The van der Waals surface area contributed by atoms with Gasteiger partial charge in [0, 0.05) is 11.8 Å². The zero-order chi connectivity index (χ0) is 11.4. The number of rotatable bonds is 3. The second-order valence-corrected chi connectivity index (χ2v) is 3.14. The summed E-state index contributed by atoms with van der Waals surface area (Å²) >= 11 is 0. The number of methoxy groups -OCH3 is 1. The Kier molecular flexibility index (Phi) is 2.98. The van der Waals surface area contributed by atoms with Gasteiger partial charge in [-0.05, 0) is 30.3 Å². The van der Waals surface area contributed by atoms with Crippen molar-refractivity contribution in [3.63, 3.8) is 0 Å². The van der Waals surface area contributed by atoms with Gasteiger partial charge in [-0.15, -0.1) is 0 Å². The topological polar surface area (TPSA) is 73.1 Å². The maximum atomic E-state index is 5.25. The second kappa shape index (κ2) is 4.59. The maximum Gasteiger partial charge on any atom is 0.237 e. The van der Waals surface area contributed by atoms with Crippen LogP contribution in [0.15, 0.2) is 36.5 Å². The van der Waals surface area contributed by atoms with Gasteiger partial charge in [-0.25, -0.2) is 15.8 Å². The number of anilines is 1. The molecule has 1 aromatic carbocycles. The van der Waals surface area contributed by atoms with Gasteiger partial charge < -0.3 is 4.74 Å². The molecule has 0 bridgehead atoms. The van der Waals surface area contributed by atoms with Crippen LogP contribution in [-0.4, -0.2) is 17.1 Å². The maximum absolute atomic E-state index is 5.25. The minimum absolute atomic E-state index is 0.397. The van der Waals surface area contributed by atoms with Crippen LogP contribution in [0.2, 0.25) is 0 Å². The van der Waals surface area contributed by atoms with Gasteiger partial charge in [0.2, 0.25) is 5.95 Å². The first-order valence-corrected chi connectivity index (χ1v) is 4.77. The average molecular weight is 216 g/mol. The monoisotopic (exact) mass is 216 g/mol. The molecule has 2 rings (SSSR count). The zero-order valence-corrected chi connectivity index (χ0v) is 8.84. The molecule has 1 aromatic heterocycles. The highest BCUT2D eigenvalue weighted by molar-refractivity contribution is 5.60. The van der Waals surface area contributed by atoms with E-state index in [0.717, 1.165) is 17.0 Å². The summed E-state index contributed by atoms with van der Waals surface area (Å²) in [5, 5.41) is 0. The van der Waals surface area contributed by atoms with Gasteiger partial charge in [0.25, 0.3) is 0 Å². The van der Waals surface area contributed by atoms with Crippen molar-refractivity contribution in [3.8, 4) is 17.0 Å². The van der Waals surface area contributed by atoms with Crippen molar-refractivity contribution < 1.29 is 4.74 Å². The van der Waals surface area contributed by atoms with Crippen LogP contribution in [-0.2, 0) is 0 Å². The van der Waals surface area contributed by atoms with Crippen LogP contribution in [0.4, 0.5) is 5.95 Å². The molecule has 0 amide bonds. The second-order valence-electron chi connectivity index (χ2n) is 3.14. The van der Waals surface area contributed by atoms with Crippen molar-refractivity contribution in [3.05, 3.63) is 36.5 Å². The van der Waals surface area contributed by atoms with Crippen LogP contribution in [0.3, 0.4) is 0 Å². The fraction of sp³-hybridized carbons (Fsp3) is 0.0909. The average Bonchev–Trinajstić information content (AvgIpc) is 2.39. The van der Waals surface area contributed by atoms with E-state index in [0.29, 0.717) is 5.95 Å². The van der Waals surface area contributed by atoms with Crippen LogP contribution in [0, 0.1) is 0 Å². The van der Waals surface area contributed by atoms with E-state index < -0.39 is 0 Å². The lowest BCUT2D eigenvalue weighted by atomic mass is 10.1. The van der Waals surface area contributed by atoms with Gasteiger partial charge in [0.05, 0.1) is 12.8 Å². The summed E-state index contributed by atoms with van der Waals surface area (Å²) in [5.41, 5.74) is 4.21. The number of nitrogen functional groups attached to an aromatic ring is 1. The van der Waals surface area contributed by atoms with Crippen LogP contribution in [0.25, 0.3) is 11.3 Å². The summed E-state index contributed by atoms with van der Waals surface area (Å²) < 4.78 is 5.08. The molecule has 0 atom stereocenters. The third-order valence-corrected chi connectivity index (χ3v) is 2.17. The van der Waals surface area contributed by atoms with Crippen molar-refractivity contribution in [1.82, 2.24) is 9.97 Å². The first kappa shape index (κ1) is 10.4. The molecule has 0 radical (unpaired) electrons. The number of ether oxygens (including phenoxy) is 1. The first-order valence-electron chi connectivity index (χ1n) is 4.77. The summed E-state index contributed by atoms with van der Waals surface area (Å²) in [5.74, 6) is 6.46. The number of hydrazine groups is 1. The molecule has 1 heterocycles. The van der Waals surface area contributed by atoms with E-state index in [1.54, 1.807) is 13.3 Å². The Labute approximate surface area is 93.3 Å². The van der Waals surface area contributed by atoms with Crippen LogP contribution >= 0.6 is 0 Å². The lowest BCUT2D eigenvalue weighted by Crippen LogP contribution is -2.10. The summed E-state index contributed by atoms with van der Waals surface area (Å²) in [6, 6.07) is 9.45. The van der Waals surface area contributed by atoms with Gasteiger partial charge in [-0.2, -0.15) is 0 Å². The summed E-state index contributed by atoms with van der Waals surface area (Å²) in [4.78, 5) is 8.17. The van der Waals surface area contributed by atoms with Crippen LogP contribution < -0.4 is 16.0 Å². The Morgan fingerprint density at radius 2 is 1.94 bits per heavy atom. The van der Waals surface area contributed by atoms with Gasteiger partial charge >= 0.3 is 0 Å². The molecule has 0 aliphatic rings. The normalized spacial score (nSPS) is 9.88. The van der Waals surface area contributed by atoms with Gasteiger partial charge in [-0.1, -0.05) is 0 Å². The van der Waals surface area contributed by atoms with Crippen molar-refractivity contribution in [1.29, 1.82) is 0 Å². The fourth-order valence-corrected chi connectivity index (χ4v) is 1.35. The van der Waals surface area contributed by atoms with E-state index in [9.17, 15) is 0 Å². The SMILES string of the molecule is COc1ccc(-c2ccnc(NN)n2)cc1. The molecule has 16 heavy (non-hydrogen) atoms. The number of aromatic nitrogens is 2. The Bertz CT molecular complexity index is 470. The van der Waals surface area contributed by atoms with Crippen molar-refractivity contribution in [2.24, 2.45) is 5.84 Å². The third kappa shape index (κ3) is 2.09. The minimum Gasteiger partial charge on any atom is -0.497 e. The first-order chi connectivity index (χ1) is 7.83. The van der Waals surface area contributed by atoms with E-state index in [2.05, 4.69) is 15.4 Å². The Hall–Kier alpha value is -2.14. The summed E-state index contributed by atoms with van der Waals surface area (Å²) in [6.45, 7) is 0. The lowest BCUT2D eigenvalue weighted by molar-refractivity contribution is 0.415. The molecule has 82 valence electrons. The molecule has 0 saturated carbocycles. The predicted molar refractivity (Wildman–Crippen MR) is 61.8 cm³/mol. The van der Waals surface area contributed by atoms with E-state index in [4.69, 9.17) is 10.6 Å². The molecule has 3 N–H and O–H groups in total. The van der Waals surface area contributed by atoms with E-state index in [-0.39, 0.29) is 0 Å². The lowest BCUT2D eigenvalue weighted by Gasteiger charge is -2.04. The molecule has 0 aliphatic heterocycles. The number of nitrogens with zero attached hydrogens (tertiary/aromatic N) is 2. The molecular weight excluding hydrogens is 204 g/mol. The highest BCUT2D eigenvalue weighted by atomic mass is 16.5. The predicted octanol–water partition coefficient (Wildman–Crippen LogP) is 1.44. The van der Waals surface area contributed by atoms with E-state index in [1.807, 2.05) is 30.3 Å². The summed E-state index contributed by atoms with van der Waals surface area (Å²) in [6.07, 6.45) is 1.65. The number of nitrogens with one attached hydrogen (secondary N) is 1. The fourth-order valence-electron chi connectivity index (χ4n) is 1.35. The zero-order valence-electron chi connectivity index (χ0n) is 8.84. The molecule has 0 saturated heterocycles. The van der Waals surface area contributed by atoms with E-state index in [1.165, 1.54) is 0 Å². The molecule has 2 aromatic rings. The van der Waals surface area contributed by atoms with Crippen LogP contribution in [0.1, 0.15) is 0 Å². The Morgan fingerprint density at radius 3 is 2.56 bits per heavy atom. The molecular formula is C11H12N4O. The number of benzene rings is 1. The van der Waals surface area contributed by atoms with Crippen molar-refractivity contribution in [2.45, 2.75) is 0 Å². The van der Waals surface area contributed by atoms with Crippen LogP contribution in [0.5, 0.6) is 5.75 Å². The molecule has 0 aliphatic carbocycles. The van der Waals surface area contributed by atoms with Gasteiger partial charge in [0.1, 0.15) is 5.75 Å². The molecule has 0 fully saturated rings. The minimum atomic E-state index is 0.397. The van der Waals surface area contributed by atoms with E-state index >= 15 is 0 Å². The molecule has 0 spiro atoms. The number of hydrogen-bond acceptors (Lipinski definition) is 5. The summed E-state index contributed by atoms with van der Waals surface area (Å²) in [7, 11) is 1.64. The largest absolute Gasteiger partial charge is 0.497 e. The van der Waals surface area contributed by atoms with Crippen molar-refractivity contribution in [2.75, 3.05) is 12.5 Å². The standard InChI is InChI=1S/C11H12N4O/c1-16-9-4-2-8(3-5-9)10-6-7-13-11(14-10)15-12/h2-7H,12H2,1H3,(H,13,14,15). The molecule has 5 heteroatoms. The number of nitrogens with two attached hydrogens (primary N) is 1.